The van der Waals surface area contributed by atoms with E-state index in [9.17, 15) is 9.18 Å². The van der Waals surface area contributed by atoms with E-state index in [-0.39, 0.29) is 11.6 Å². The van der Waals surface area contributed by atoms with Crippen molar-refractivity contribution in [1.82, 2.24) is 9.88 Å². The van der Waals surface area contributed by atoms with Gasteiger partial charge >= 0.3 is 0 Å². The van der Waals surface area contributed by atoms with Crippen LogP contribution in [0.15, 0.2) is 82.7 Å². The fourth-order valence-corrected chi connectivity index (χ4v) is 4.92. The van der Waals surface area contributed by atoms with E-state index in [4.69, 9.17) is 11.6 Å². The summed E-state index contributed by atoms with van der Waals surface area (Å²) < 4.78 is 16.2. The average molecular weight is 476 g/mol. The van der Waals surface area contributed by atoms with Gasteiger partial charge in [-0.2, -0.15) is 0 Å². The van der Waals surface area contributed by atoms with Crippen molar-refractivity contribution >= 4 is 57.1 Å². The summed E-state index contributed by atoms with van der Waals surface area (Å²) in [5, 5.41) is 4.85. The highest BCUT2D eigenvalue weighted by atomic mass is 35.5. The van der Waals surface area contributed by atoms with Crippen LogP contribution in [0.5, 0.6) is 0 Å². The zero-order valence-corrected chi connectivity index (χ0v) is 19.3. The van der Waals surface area contributed by atoms with E-state index in [0.717, 1.165) is 27.7 Å². The van der Waals surface area contributed by atoms with Gasteiger partial charge in [-0.3, -0.25) is 4.79 Å². The van der Waals surface area contributed by atoms with Crippen molar-refractivity contribution in [3.8, 4) is 0 Å². The molecule has 164 valence electrons. The van der Waals surface area contributed by atoms with Crippen molar-refractivity contribution in [3.05, 3.63) is 105 Å². The van der Waals surface area contributed by atoms with Crippen LogP contribution in [-0.2, 0) is 11.3 Å². The molecule has 4 nitrogen and oxygen atoms in total. The Kier molecular flexibility index (Phi) is 5.79. The lowest BCUT2D eigenvalue weighted by Gasteiger charge is -2.10. The number of carbonyl (C=O) groups is 1. The van der Waals surface area contributed by atoms with Gasteiger partial charge in [0.25, 0.3) is 5.91 Å². The molecule has 33 heavy (non-hydrogen) atoms. The number of rotatable bonds is 4. The number of amides is 1. The fourth-order valence-electron chi connectivity index (χ4n) is 3.90. The Labute approximate surface area is 199 Å². The van der Waals surface area contributed by atoms with Gasteiger partial charge in [0, 0.05) is 33.7 Å². The number of thioether (sulfide) groups is 1. The maximum atomic E-state index is 14.0. The lowest BCUT2D eigenvalue weighted by Crippen LogP contribution is -2.19. The molecule has 4 aromatic rings. The summed E-state index contributed by atoms with van der Waals surface area (Å²) in [6, 6.07) is 22.1. The van der Waals surface area contributed by atoms with E-state index >= 15 is 0 Å². The Morgan fingerprint density at radius 3 is 2.61 bits per heavy atom. The first-order valence-electron chi connectivity index (χ1n) is 10.4. The van der Waals surface area contributed by atoms with Gasteiger partial charge < -0.3 is 9.88 Å². The maximum absolute atomic E-state index is 14.0. The van der Waals surface area contributed by atoms with Gasteiger partial charge in [-0.25, -0.2) is 9.38 Å². The number of benzene rings is 3. The van der Waals surface area contributed by atoms with Crippen molar-refractivity contribution < 1.29 is 9.18 Å². The molecule has 0 bridgehead atoms. The topological polar surface area (TPSA) is 46.4 Å². The van der Waals surface area contributed by atoms with Crippen molar-refractivity contribution in [2.24, 2.45) is 4.99 Å². The number of fused-ring (bicyclic) bond motifs is 1. The van der Waals surface area contributed by atoms with E-state index in [2.05, 4.69) is 20.9 Å². The van der Waals surface area contributed by atoms with Crippen molar-refractivity contribution in [2.45, 2.75) is 13.5 Å². The minimum Gasteiger partial charge on any atom is -0.340 e. The molecule has 0 radical (unpaired) electrons. The predicted molar refractivity (Wildman–Crippen MR) is 134 cm³/mol. The van der Waals surface area contributed by atoms with Crippen LogP contribution in [0.3, 0.4) is 0 Å². The van der Waals surface area contributed by atoms with Crippen LogP contribution in [0.2, 0.25) is 5.02 Å². The van der Waals surface area contributed by atoms with Gasteiger partial charge in [-0.15, -0.1) is 0 Å². The van der Waals surface area contributed by atoms with E-state index in [0.29, 0.717) is 21.6 Å². The lowest BCUT2D eigenvalue weighted by molar-refractivity contribution is -0.115. The second-order valence-corrected chi connectivity index (χ2v) is 9.06. The molecule has 0 spiro atoms. The number of nitrogens with one attached hydrogen (secondary N) is 1. The second-order valence-electron chi connectivity index (χ2n) is 7.63. The largest absolute Gasteiger partial charge is 0.340 e. The minimum atomic E-state index is -0.434. The number of para-hydroxylation sites is 2. The van der Waals surface area contributed by atoms with E-state index in [1.807, 2.05) is 55.5 Å². The summed E-state index contributed by atoms with van der Waals surface area (Å²) in [4.78, 5) is 17.4. The fraction of sp³-hybridized carbons (Fsp3) is 0.0769. The summed E-state index contributed by atoms with van der Waals surface area (Å²) in [7, 11) is 0. The molecule has 1 N–H and O–H groups in total. The van der Waals surface area contributed by atoms with Crippen LogP contribution in [-0.4, -0.2) is 15.6 Å². The first-order valence-corrected chi connectivity index (χ1v) is 11.6. The first-order chi connectivity index (χ1) is 16.0. The van der Waals surface area contributed by atoms with Gasteiger partial charge in [0.1, 0.15) is 11.5 Å². The zero-order chi connectivity index (χ0) is 22.9. The molecule has 1 aliphatic rings. The summed E-state index contributed by atoms with van der Waals surface area (Å²) in [5.41, 5.74) is 4.26. The third-order valence-corrected chi connectivity index (χ3v) is 6.85. The molecule has 1 aliphatic heterocycles. The van der Waals surface area contributed by atoms with Crippen LogP contribution in [0, 0.1) is 12.7 Å². The highest BCUT2D eigenvalue weighted by Crippen LogP contribution is 2.34. The minimum absolute atomic E-state index is 0.189. The van der Waals surface area contributed by atoms with Crippen molar-refractivity contribution in [2.75, 3.05) is 0 Å². The number of hydrogen-bond acceptors (Lipinski definition) is 3. The Bertz CT molecular complexity index is 1460. The van der Waals surface area contributed by atoms with E-state index in [1.54, 1.807) is 18.2 Å². The molecule has 1 amide bonds. The van der Waals surface area contributed by atoms with Crippen LogP contribution in [0.25, 0.3) is 17.0 Å². The van der Waals surface area contributed by atoms with Crippen molar-refractivity contribution in [3.63, 3.8) is 0 Å². The highest BCUT2D eigenvalue weighted by molar-refractivity contribution is 8.18. The number of carbonyl (C=O) groups excluding carboxylic acids is 1. The summed E-state index contributed by atoms with van der Waals surface area (Å²) in [5.74, 6) is -0.687. The highest BCUT2D eigenvalue weighted by Gasteiger charge is 2.25. The molecular formula is C26H19ClFN3OS. The number of hydrogen-bond donors (Lipinski definition) is 1. The molecule has 3 aromatic carbocycles. The Morgan fingerprint density at radius 1 is 1.06 bits per heavy atom. The van der Waals surface area contributed by atoms with Crippen LogP contribution in [0.4, 0.5) is 10.1 Å². The first kappa shape index (κ1) is 21.5. The molecule has 1 aromatic heterocycles. The smallest absolute Gasteiger partial charge is 0.264 e. The van der Waals surface area contributed by atoms with E-state index in [1.165, 1.54) is 17.8 Å². The van der Waals surface area contributed by atoms with Gasteiger partial charge in [0.05, 0.1) is 4.91 Å². The zero-order valence-electron chi connectivity index (χ0n) is 17.7. The van der Waals surface area contributed by atoms with Gasteiger partial charge in [0.15, 0.2) is 5.17 Å². The molecule has 0 aliphatic carbocycles. The number of nitrogens with zero attached hydrogens (tertiary/aromatic N) is 2. The molecule has 1 fully saturated rings. The molecular weight excluding hydrogens is 457 g/mol. The van der Waals surface area contributed by atoms with Gasteiger partial charge in [-0.1, -0.05) is 60.1 Å². The summed E-state index contributed by atoms with van der Waals surface area (Å²) >= 11 is 7.62. The third-order valence-electron chi connectivity index (χ3n) is 5.57. The summed E-state index contributed by atoms with van der Waals surface area (Å²) in [6.45, 7) is 2.66. The van der Waals surface area contributed by atoms with Gasteiger partial charge in [0.2, 0.25) is 0 Å². The van der Waals surface area contributed by atoms with Crippen LogP contribution < -0.4 is 5.32 Å². The molecule has 1 saturated heterocycles. The monoisotopic (exact) mass is 475 g/mol. The molecule has 7 heteroatoms. The molecule has 0 atom stereocenters. The lowest BCUT2D eigenvalue weighted by atomic mass is 10.1. The average Bonchev–Trinajstić information content (AvgIpc) is 3.29. The SMILES string of the molecule is Cc1c(/C=C2\SC(=Nc3ccccc3F)NC2=O)c2ccccc2n1Cc1ccccc1Cl. The third kappa shape index (κ3) is 4.19. The van der Waals surface area contributed by atoms with Crippen LogP contribution >= 0.6 is 23.4 Å². The quantitative estimate of drug-likeness (QED) is 0.334. The van der Waals surface area contributed by atoms with E-state index < -0.39 is 5.82 Å². The Balaban J connectivity index is 1.54. The van der Waals surface area contributed by atoms with Crippen LogP contribution in [0.1, 0.15) is 16.8 Å². The Hall–Kier alpha value is -3.35. The van der Waals surface area contributed by atoms with Gasteiger partial charge in [-0.05, 0) is 54.6 Å². The standard InChI is InChI=1S/C26H19ClFN3OS/c1-16-19(14-24-25(32)30-26(33-24)29-22-12-6-5-11-21(22)28)18-9-3-7-13-23(18)31(16)15-17-8-2-4-10-20(17)27/h2-14H,15H2,1H3,(H,29,30,32)/b24-14-. The molecule has 0 saturated carbocycles. The predicted octanol–water partition coefficient (Wildman–Crippen LogP) is 6.68. The molecule has 2 heterocycles. The Morgan fingerprint density at radius 2 is 1.79 bits per heavy atom. The maximum Gasteiger partial charge on any atom is 0.264 e. The number of aliphatic imine (C=N–C) groups is 1. The number of halogens is 2. The van der Waals surface area contributed by atoms with Crippen molar-refractivity contribution in [1.29, 1.82) is 0 Å². The molecule has 5 rings (SSSR count). The summed E-state index contributed by atoms with van der Waals surface area (Å²) in [6.07, 6.45) is 1.88. The second kappa shape index (κ2) is 8.89. The number of aromatic nitrogens is 1. The number of amidine groups is 1. The normalized spacial score (nSPS) is 16.2. The molecule has 0 unspecified atom stereocenters.